The molecule has 1 atom stereocenters. The number of aryl methyl sites for hydroxylation is 2. The van der Waals surface area contributed by atoms with Gasteiger partial charge in [-0.2, -0.15) is 0 Å². The van der Waals surface area contributed by atoms with E-state index in [1.54, 1.807) is 11.8 Å². The minimum absolute atomic E-state index is 0.0673. The maximum absolute atomic E-state index is 6.09. The second-order valence-electron chi connectivity index (χ2n) is 4.91. The molecule has 0 aliphatic heterocycles. The van der Waals surface area contributed by atoms with Gasteiger partial charge in [0, 0.05) is 0 Å². The lowest BCUT2D eigenvalue weighted by Crippen LogP contribution is -2.11. The third kappa shape index (κ3) is 4.61. The van der Waals surface area contributed by atoms with E-state index in [0.29, 0.717) is 16.5 Å². The molecule has 1 aromatic heterocycles. The van der Waals surface area contributed by atoms with E-state index in [1.165, 1.54) is 11.1 Å². The molecule has 0 bridgehead atoms. The first-order chi connectivity index (χ1) is 10.7. The molecule has 1 unspecified atom stereocenters. The van der Waals surface area contributed by atoms with Crippen LogP contribution in [0.3, 0.4) is 0 Å². The van der Waals surface area contributed by atoms with Gasteiger partial charge in [0.25, 0.3) is 4.84 Å². The minimum Gasteiger partial charge on any atom is -0.480 e. The van der Waals surface area contributed by atoms with Crippen LogP contribution in [0.1, 0.15) is 44.2 Å². The van der Waals surface area contributed by atoms with Gasteiger partial charge in [-0.05, 0) is 54.7 Å². The van der Waals surface area contributed by atoms with Crippen LogP contribution >= 0.6 is 24.0 Å². The van der Waals surface area contributed by atoms with E-state index in [4.69, 9.17) is 21.4 Å². The molecule has 1 heterocycles. The van der Waals surface area contributed by atoms with Crippen molar-refractivity contribution >= 4 is 24.0 Å². The summed E-state index contributed by atoms with van der Waals surface area (Å²) < 4.78 is 11.4. The van der Waals surface area contributed by atoms with Crippen molar-refractivity contribution in [2.24, 2.45) is 0 Å². The molecule has 0 saturated carbocycles. The highest BCUT2D eigenvalue weighted by Crippen LogP contribution is 2.26. The Labute approximate surface area is 140 Å². The first kappa shape index (κ1) is 17.1. The van der Waals surface area contributed by atoms with Gasteiger partial charge in [-0.15, -0.1) is 16.9 Å². The molecule has 2 rings (SSSR count). The Kier molecular flexibility index (Phi) is 6.51. The lowest BCUT2D eigenvalue weighted by molar-refractivity contribution is 0.283. The summed E-state index contributed by atoms with van der Waals surface area (Å²) in [6.45, 7) is 6.47. The van der Waals surface area contributed by atoms with E-state index in [1.807, 2.05) is 0 Å². The van der Waals surface area contributed by atoms with Gasteiger partial charge in [-0.1, -0.05) is 26.8 Å². The Morgan fingerprint density at radius 2 is 2.05 bits per heavy atom. The average molecular weight is 338 g/mol. The predicted octanol–water partition coefficient (Wildman–Crippen LogP) is 4.91. The zero-order chi connectivity index (χ0) is 15.9. The van der Waals surface area contributed by atoms with Crippen molar-refractivity contribution in [1.82, 2.24) is 10.2 Å². The van der Waals surface area contributed by atoms with Crippen LogP contribution in [0, 0.1) is 4.84 Å². The normalized spacial score (nSPS) is 12.3. The van der Waals surface area contributed by atoms with Crippen molar-refractivity contribution in [3.8, 4) is 5.75 Å². The van der Waals surface area contributed by atoms with Crippen LogP contribution in [0.25, 0.3) is 0 Å². The average Bonchev–Trinajstić information content (AvgIpc) is 2.96. The smallest absolute Gasteiger partial charge is 0.284 e. The highest BCUT2D eigenvalue weighted by molar-refractivity contribution is 7.99. The number of H-pyrrole nitrogens is 1. The SMILES string of the molecule is CCc1ccc(OC(CC)SCc2n[nH]c(=S)o2)cc1CC. The fraction of sp³-hybridized carbons (Fsp3) is 0.500. The van der Waals surface area contributed by atoms with E-state index >= 15 is 0 Å². The maximum Gasteiger partial charge on any atom is 0.284 e. The first-order valence-electron chi connectivity index (χ1n) is 7.60. The summed E-state index contributed by atoms with van der Waals surface area (Å²) in [6.07, 6.45) is 2.99. The quantitative estimate of drug-likeness (QED) is 0.548. The van der Waals surface area contributed by atoms with Crippen molar-refractivity contribution in [3.05, 3.63) is 40.1 Å². The fourth-order valence-electron chi connectivity index (χ4n) is 2.22. The number of benzene rings is 1. The lowest BCUT2D eigenvalue weighted by atomic mass is 10.0. The molecule has 0 spiro atoms. The van der Waals surface area contributed by atoms with Crippen LogP contribution in [0.15, 0.2) is 22.6 Å². The number of hydrogen-bond acceptors (Lipinski definition) is 5. The largest absolute Gasteiger partial charge is 0.480 e. The second-order valence-corrected chi connectivity index (χ2v) is 6.43. The zero-order valence-electron chi connectivity index (χ0n) is 13.2. The van der Waals surface area contributed by atoms with Crippen LogP contribution < -0.4 is 4.74 Å². The number of nitrogens with zero attached hydrogens (tertiary/aromatic N) is 1. The Hall–Kier alpha value is -1.27. The highest BCUT2D eigenvalue weighted by Gasteiger charge is 2.12. The molecule has 0 aliphatic carbocycles. The van der Waals surface area contributed by atoms with E-state index < -0.39 is 0 Å². The van der Waals surface area contributed by atoms with Gasteiger partial charge >= 0.3 is 0 Å². The minimum atomic E-state index is 0.0673. The topological polar surface area (TPSA) is 51.0 Å². The highest BCUT2D eigenvalue weighted by atomic mass is 32.2. The Morgan fingerprint density at radius 1 is 1.27 bits per heavy atom. The number of rotatable bonds is 8. The molecule has 0 aliphatic rings. The van der Waals surface area contributed by atoms with Crippen molar-refractivity contribution in [2.75, 3.05) is 0 Å². The summed E-state index contributed by atoms with van der Waals surface area (Å²) in [5, 5.41) is 6.64. The Bertz CT molecular complexity index is 652. The lowest BCUT2D eigenvalue weighted by Gasteiger charge is -2.17. The maximum atomic E-state index is 6.09. The molecular weight excluding hydrogens is 316 g/mol. The van der Waals surface area contributed by atoms with Gasteiger partial charge in [0.15, 0.2) is 0 Å². The summed E-state index contributed by atoms with van der Waals surface area (Å²) in [6, 6.07) is 6.38. The van der Waals surface area contributed by atoms with Crippen molar-refractivity contribution in [2.45, 2.75) is 51.2 Å². The second kappa shape index (κ2) is 8.39. The molecule has 22 heavy (non-hydrogen) atoms. The van der Waals surface area contributed by atoms with Gasteiger partial charge in [-0.3, -0.25) is 0 Å². The third-order valence-corrected chi connectivity index (χ3v) is 4.81. The summed E-state index contributed by atoms with van der Waals surface area (Å²) in [5.74, 6) is 2.17. The van der Waals surface area contributed by atoms with Gasteiger partial charge in [0.05, 0.1) is 5.75 Å². The van der Waals surface area contributed by atoms with Crippen molar-refractivity contribution in [3.63, 3.8) is 0 Å². The molecule has 0 fully saturated rings. The van der Waals surface area contributed by atoms with Gasteiger partial charge in [0.1, 0.15) is 11.2 Å². The Balaban J connectivity index is 1.98. The van der Waals surface area contributed by atoms with Crippen LogP contribution in [0.4, 0.5) is 0 Å². The molecule has 120 valence electrons. The molecule has 1 N–H and O–H groups in total. The fourth-order valence-corrected chi connectivity index (χ4v) is 3.23. The predicted molar refractivity (Wildman–Crippen MR) is 92.9 cm³/mol. The Morgan fingerprint density at radius 3 is 2.64 bits per heavy atom. The number of nitrogens with one attached hydrogen (secondary N) is 1. The molecule has 2 aromatic rings. The number of aromatic amines is 1. The van der Waals surface area contributed by atoms with E-state index in [-0.39, 0.29) is 5.44 Å². The first-order valence-corrected chi connectivity index (χ1v) is 9.06. The molecule has 4 nitrogen and oxygen atoms in total. The van der Waals surface area contributed by atoms with Crippen LogP contribution in [-0.4, -0.2) is 15.6 Å². The molecular formula is C16H22N2O2S2. The number of ether oxygens (including phenoxy) is 1. The molecule has 6 heteroatoms. The zero-order valence-corrected chi connectivity index (χ0v) is 14.9. The summed E-state index contributed by atoms with van der Waals surface area (Å²) in [4.78, 5) is 0.312. The summed E-state index contributed by atoms with van der Waals surface area (Å²) >= 11 is 6.53. The summed E-state index contributed by atoms with van der Waals surface area (Å²) in [7, 11) is 0. The summed E-state index contributed by atoms with van der Waals surface area (Å²) in [5.41, 5.74) is 2.82. The third-order valence-electron chi connectivity index (χ3n) is 3.42. The molecule has 0 radical (unpaired) electrons. The van der Waals surface area contributed by atoms with Crippen LogP contribution in [-0.2, 0) is 18.6 Å². The molecule has 0 amide bonds. The van der Waals surface area contributed by atoms with Gasteiger partial charge in [-0.25, -0.2) is 5.10 Å². The van der Waals surface area contributed by atoms with Crippen molar-refractivity contribution < 1.29 is 9.15 Å². The van der Waals surface area contributed by atoms with Crippen molar-refractivity contribution in [1.29, 1.82) is 0 Å². The monoisotopic (exact) mass is 338 g/mol. The van der Waals surface area contributed by atoms with E-state index in [0.717, 1.165) is 25.0 Å². The van der Waals surface area contributed by atoms with Gasteiger partial charge in [0.2, 0.25) is 5.89 Å². The van der Waals surface area contributed by atoms with Crippen LogP contribution in [0.5, 0.6) is 5.75 Å². The van der Waals surface area contributed by atoms with Crippen LogP contribution in [0.2, 0.25) is 0 Å². The number of hydrogen-bond donors (Lipinski definition) is 1. The number of thioether (sulfide) groups is 1. The number of aromatic nitrogens is 2. The standard InChI is InChI=1S/C16H22N2O2S2/c1-4-11-7-8-13(9-12(11)5-2)19-15(6-3)22-10-14-17-18-16(21)20-14/h7-9,15H,4-6,10H2,1-3H3,(H,18,21). The molecule has 0 saturated heterocycles. The molecule has 1 aromatic carbocycles. The van der Waals surface area contributed by atoms with E-state index in [2.05, 4.69) is 49.2 Å². The van der Waals surface area contributed by atoms with E-state index in [9.17, 15) is 0 Å². The van der Waals surface area contributed by atoms with Gasteiger partial charge < -0.3 is 9.15 Å².